The van der Waals surface area contributed by atoms with Crippen LogP contribution in [-0.2, 0) is 6.54 Å². The van der Waals surface area contributed by atoms with Gasteiger partial charge in [-0.2, -0.15) is 5.10 Å². The second-order valence-corrected chi connectivity index (χ2v) is 6.75. The summed E-state index contributed by atoms with van der Waals surface area (Å²) in [4.78, 5) is 16.7. The first-order chi connectivity index (χ1) is 15.2. The number of nitrogens with two attached hydrogens (primary N) is 1. The monoisotopic (exact) mass is 414 g/mol. The number of anilines is 2. The number of para-hydroxylation sites is 1. The Balaban J connectivity index is 1.65. The van der Waals surface area contributed by atoms with Gasteiger partial charge in [0, 0.05) is 24.5 Å². The third-order valence-corrected chi connectivity index (χ3v) is 4.70. The molecule has 0 spiro atoms. The first-order valence-corrected chi connectivity index (χ1v) is 9.68. The van der Waals surface area contributed by atoms with E-state index in [9.17, 15) is 4.79 Å². The molecule has 0 aliphatic rings. The molecule has 2 amide bonds. The van der Waals surface area contributed by atoms with Crippen LogP contribution in [0.4, 0.5) is 16.3 Å². The van der Waals surface area contributed by atoms with E-state index in [-0.39, 0.29) is 0 Å². The van der Waals surface area contributed by atoms with Crippen LogP contribution in [0.3, 0.4) is 0 Å². The number of urea groups is 1. The van der Waals surface area contributed by atoms with Crippen LogP contribution in [0.1, 0.15) is 5.56 Å². The van der Waals surface area contributed by atoms with Crippen molar-refractivity contribution >= 4 is 17.5 Å². The molecule has 0 radical (unpaired) electrons. The van der Waals surface area contributed by atoms with Crippen molar-refractivity contribution in [3.05, 3.63) is 84.7 Å². The number of rotatable bonds is 6. The maximum Gasteiger partial charge on any atom is 0.319 e. The van der Waals surface area contributed by atoms with Gasteiger partial charge in [-0.25, -0.2) is 9.48 Å². The van der Waals surface area contributed by atoms with Gasteiger partial charge in [0.05, 0.1) is 12.8 Å². The predicted octanol–water partition coefficient (Wildman–Crippen LogP) is 3.85. The van der Waals surface area contributed by atoms with E-state index < -0.39 is 6.03 Å². The van der Waals surface area contributed by atoms with Gasteiger partial charge in [-0.05, 0) is 48.0 Å². The first kappa shape index (κ1) is 20.0. The molecule has 0 fully saturated rings. The van der Waals surface area contributed by atoms with Gasteiger partial charge in [0.15, 0.2) is 5.82 Å². The lowest BCUT2D eigenvalue weighted by molar-refractivity contribution is 0.251. The fourth-order valence-corrected chi connectivity index (χ4v) is 3.11. The van der Waals surface area contributed by atoms with Crippen LogP contribution >= 0.6 is 0 Å². The van der Waals surface area contributed by atoms with Crippen molar-refractivity contribution in [2.45, 2.75) is 6.54 Å². The molecular weight excluding hydrogens is 392 g/mol. The Morgan fingerprint density at radius 3 is 2.52 bits per heavy atom. The number of carbonyl (C=O) groups excluding carboxylic acids is 1. The van der Waals surface area contributed by atoms with Crippen molar-refractivity contribution in [2.75, 3.05) is 18.2 Å². The Morgan fingerprint density at radius 2 is 1.84 bits per heavy atom. The van der Waals surface area contributed by atoms with E-state index >= 15 is 0 Å². The van der Waals surface area contributed by atoms with Crippen LogP contribution in [0.25, 0.3) is 16.9 Å². The Morgan fingerprint density at radius 1 is 1.06 bits per heavy atom. The minimum Gasteiger partial charge on any atom is -0.497 e. The molecule has 4 N–H and O–H groups in total. The summed E-state index contributed by atoms with van der Waals surface area (Å²) in [6, 6.07) is 20.2. The van der Waals surface area contributed by atoms with Crippen LogP contribution in [0.2, 0.25) is 0 Å². The fourth-order valence-electron chi connectivity index (χ4n) is 3.11. The molecular formula is C23H22N6O2. The van der Waals surface area contributed by atoms with Crippen molar-refractivity contribution in [1.82, 2.24) is 20.1 Å². The number of carbonyl (C=O) groups is 1. The number of nitrogens with zero attached hydrogens (tertiary/aromatic N) is 3. The minimum absolute atomic E-state index is 0.327. The molecule has 31 heavy (non-hydrogen) atoms. The maximum absolute atomic E-state index is 12.6. The number of ether oxygens (including phenoxy) is 1. The molecule has 0 aliphatic carbocycles. The van der Waals surface area contributed by atoms with Crippen LogP contribution in [0.5, 0.6) is 5.75 Å². The van der Waals surface area contributed by atoms with E-state index in [4.69, 9.17) is 10.5 Å². The topological polar surface area (TPSA) is 107 Å². The summed E-state index contributed by atoms with van der Waals surface area (Å²) >= 11 is 0. The normalized spacial score (nSPS) is 10.5. The van der Waals surface area contributed by atoms with E-state index in [1.54, 1.807) is 24.2 Å². The lowest BCUT2D eigenvalue weighted by atomic mass is 10.1. The third-order valence-electron chi connectivity index (χ3n) is 4.70. The summed E-state index contributed by atoms with van der Waals surface area (Å²) < 4.78 is 6.84. The molecule has 2 aromatic carbocycles. The van der Waals surface area contributed by atoms with Gasteiger partial charge in [-0.15, -0.1) is 0 Å². The van der Waals surface area contributed by atoms with Gasteiger partial charge in [0.1, 0.15) is 17.1 Å². The molecule has 0 atom stereocenters. The van der Waals surface area contributed by atoms with Gasteiger partial charge in [0.2, 0.25) is 0 Å². The molecule has 4 aromatic rings. The highest BCUT2D eigenvalue weighted by Gasteiger charge is 2.20. The van der Waals surface area contributed by atoms with E-state index in [1.807, 2.05) is 66.7 Å². The average molecular weight is 414 g/mol. The molecule has 0 saturated carbocycles. The second-order valence-electron chi connectivity index (χ2n) is 6.75. The Kier molecular flexibility index (Phi) is 5.79. The van der Waals surface area contributed by atoms with E-state index in [0.717, 1.165) is 22.6 Å². The van der Waals surface area contributed by atoms with Crippen LogP contribution in [0.15, 0.2) is 79.1 Å². The summed E-state index contributed by atoms with van der Waals surface area (Å²) in [5.41, 5.74) is 9.87. The molecule has 0 unspecified atom stereocenters. The molecule has 0 aliphatic heterocycles. The van der Waals surface area contributed by atoms with Crippen molar-refractivity contribution in [1.29, 1.82) is 0 Å². The van der Waals surface area contributed by atoms with Gasteiger partial charge in [0.25, 0.3) is 0 Å². The highest BCUT2D eigenvalue weighted by atomic mass is 16.5. The van der Waals surface area contributed by atoms with E-state index in [1.165, 1.54) is 0 Å². The van der Waals surface area contributed by atoms with Crippen LogP contribution in [0, 0.1) is 0 Å². The molecule has 156 valence electrons. The largest absolute Gasteiger partial charge is 0.497 e. The number of aromatic nitrogens is 3. The summed E-state index contributed by atoms with van der Waals surface area (Å²) in [6.45, 7) is 0.338. The molecule has 2 aromatic heterocycles. The fraction of sp³-hybridized carbons (Fsp3) is 0.0870. The average Bonchev–Trinajstić information content (AvgIpc) is 3.15. The molecule has 4 rings (SSSR count). The number of hydrogen-bond acceptors (Lipinski definition) is 5. The summed E-state index contributed by atoms with van der Waals surface area (Å²) in [7, 11) is 1.61. The predicted molar refractivity (Wildman–Crippen MR) is 120 cm³/mol. The first-order valence-electron chi connectivity index (χ1n) is 9.68. The number of pyridine rings is 1. The van der Waals surface area contributed by atoms with Crippen molar-refractivity contribution in [2.24, 2.45) is 0 Å². The van der Waals surface area contributed by atoms with Crippen LogP contribution in [-0.4, -0.2) is 27.9 Å². The Bertz CT molecular complexity index is 1160. The van der Waals surface area contributed by atoms with Gasteiger partial charge in [-0.3, -0.25) is 4.98 Å². The zero-order valence-corrected chi connectivity index (χ0v) is 16.9. The Hall–Kier alpha value is -4.33. The number of benzene rings is 2. The Labute approximate surface area is 179 Å². The second kappa shape index (κ2) is 9.00. The van der Waals surface area contributed by atoms with E-state index in [2.05, 4.69) is 20.7 Å². The smallest absolute Gasteiger partial charge is 0.319 e. The highest BCUT2D eigenvalue weighted by molar-refractivity contribution is 5.97. The maximum atomic E-state index is 12.6. The van der Waals surface area contributed by atoms with Gasteiger partial charge >= 0.3 is 6.03 Å². The quantitative estimate of drug-likeness (QED) is 0.444. The molecule has 8 nitrogen and oxygen atoms in total. The number of nitrogen functional groups attached to an aromatic ring is 1. The highest BCUT2D eigenvalue weighted by Crippen LogP contribution is 2.34. The molecule has 2 heterocycles. The standard InChI is InChI=1S/C23H22N6O2/c1-31-19-11-9-17(10-12-19)20-21(22(24)29(28-20)18-7-3-2-4-8-18)27-23(30)26-15-16-6-5-13-25-14-16/h2-14H,15,24H2,1H3,(H2,26,27,30). The number of amides is 2. The lowest BCUT2D eigenvalue weighted by Crippen LogP contribution is -2.28. The molecule has 0 saturated heterocycles. The molecule has 8 heteroatoms. The van der Waals surface area contributed by atoms with Crippen molar-refractivity contribution < 1.29 is 9.53 Å². The summed E-state index contributed by atoms with van der Waals surface area (Å²) in [5.74, 6) is 1.05. The summed E-state index contributed by atoms with van der Waals surface area (Å²) in [5, 5.41) is 10.3. The van der Waals surface area contributed by atoms with Gasteiger partial charge in [-0.1, -0.05) is 24.3 Å². The van der Waals surface area contributed by atoms with Crippen LogP contribution < -0.4 is 21.1 Å². The van der Waals surface area contributed by atoms with Gasteiger partial charge < -0.3 is 21.1 Å². The number of hydrogen-bond donors (Lipinski definition) is 3. The summed E-state index contributed by atoms with van der Waals surface area (Å²) in [6.07, 6.45) is 3.38. The zero-order chi connectivity index (χ0) is 21.6. The van der Waals surface area contributed by atoms with Crippen molar-refractivity contribution in [3.63, 3.8) is 0 Å². The van der Waals surface area contributed by atoms with Crippen molar-refractivity contribution in [3.8, 4) is 22.7 Å². The third kappa shape index (κ3) is 4.48. The molecule has 0 bridgehead atoms. The minimum atomic E-state index is -0.391. The SMILES string of the molecule is COc1ccc(-c2nn(-c3ccccc3)c(N)c2NC(=O)NCc2cccnc2)cc1. The van der Waals surface area contributed by atoms with E-state index in [0.29, 0.717) is 23.7 Å². The lowest BCUT2D eigenvalue weighted by Gasteiger charge is -2.09. The number of methoxy groups -OCH3 is 1. The number of nitrogens with one attached hydrogen (secondary N) is 2. The zero-order valence-electron chi connectivity index (χ0n) is 16.9.